The molecule has 220 valence electrons. The van der Waals surface area contributed by atoms with Gasteiger partial charge in [-0.05, 0) is 53.4 Å². The number of aromatic carboxylic acids is 1. The molecule has 4 aromatic rings. The molecule has 0 saturated carbocycles. The Labute approximate surface area is 252 Å². The minimum absolute atomic E-state index is 0.00225. The molecule has 1 fully saturated rings. The molecule has 6 rings (SSSR count). The van der Waals surface area contributed by atoms with Crippen molar-refractivity contribution in [3.05, 3.63) is 112 Å². The smallest absolute Gasteiger partial charge is 0.335 e. The molecule has 1 N–H and O–H groups in total. The standard InChI is InChI=1S/C32H28ClFN4O5/c33-24-4-2-6-27(29(24)34)37-18-25(35-19-37)31(40)38-12-11-22-23(3-1-5-26(22)36-13-15-43-16-14-36)30(38)28(39)17-20-7-9-21(10-8-20)32(41)42/h1-10,18-19,30H,11-17H2,(H,41,42)/t30-/m0/s1. The second-order valence-corrected chi connectivity index (χ2v) is 10.9. The topological polar surface area (TPSA) is 105 Å². The molecular weight excluding hydrogens is 575 g/mol. The number of aromatic nitrogens is 2. The summed E-state index contributed by atoms with van der Waals surface area (Å²) in [6.07, 6.45) is 3.31. The van der Waals surface area contributed by atoms with Gasteiger partial charge in [0.2, 0.25) is 0 Å². The number of anilines is 1. The van der Waals surface area contributed by atoms with Crippen molar-refractivity contribution in [2.75, 3.05) is 37.7 Å². The third kappa shape index (κ3) is 5.63. The molecule has 1 amide bonds. The molecule has 43 heavy (non-hydrogen) atoms. The van der Waals surface area contributed by atoms with Gasteiger partial charge in [-0.15, -0.1) is 0 Å². The van der Waals surface area contributed by atoms with Crippen molar-refractivity contribution in [2.24, 2.45) is 0 Å². The predicted octanol–water partition coefficient (Wildman–Crippen LogP) is 4.75. The summed E-state index contributed by atoms with van der Waals surface area (Å²) in [5.74, 6) is -2.35. The highest BCUT2D eigenvalue weighted by Gasteiger charge is 2.38. The minimum Gasteiger partial charge on any atom is -0.478 e. The number of Topliss-reactive ketones (excluding diaryl/α,β-unsaturated/α-hetero) is 1. The Hall–Kier alpha value is -4.54. The number of nitrogens with zero attached hydrogens (tertiary/aromatic N) is 4. The van der Waals surface area contributed by atoms with Crippen LogP contribution in [0, 0.1) is 5.82 Å². The van der Waals surface area contributed by atoms with Gasteiger partial charge in [0.1, 0.15) is 18.1 Å². The Balaban J connectivity index is 1.35. The number of carbonyl (C=O) groups excluding carboxylic acids is 2. The van der Waals surface area contributed by atoms with E-state index < -0.39 is 23.7 Å². The molecule has 3 aromatic carbocycles. The van der Waals surface area contributed by atoms with Crippen molar-refractivity contribution in [3.8, 4) is 5.69 Å². The number of amides is 1. The van der Waals surface area contributed by atoms with Gasteiger partial charge in [0.25, 0.3) is 5.91 Å². The van der Waals surface area contributed by atoms with E-state index in [9.17, 15) is 23.9 Å². The van der Waals surface area contributed by atoms with Crippen LogP contribution in [0.3, 0.4) is 0 Å². The van der Waals surface area contributed by atoms with E-state index in [-0.39, 0.29) is 40.7 Å². The van der Waals surface area contributed by atoms with Crippen LogP contribution in [0.5, 0.6) is 0 Å². The van der Waals surface area contributed by atoms with Gasteiger partial charge in [-0.3, -0.25) is 9.59 Å². The highest BCUT2D eigenvalue weighted by Crippen LogP contribution is 2.38. The molecule has 0 unspecified atom stereocenters. The lowest BCUT2D eigenvalue weighted by atomic mass is 9.86. The van der Waals surface area contributed by atoms with E-state index in [2.05, 4.69) is 9.88 Å². The van der Waals surface area contributed by atoms with Crippen LogP contribution < -0.4 is 4.90 Å². The molecule has 1 saturated heterocycles. The van der Waals surface area contributed by atoms with Crippen LogP contribution in [0.2, 0.25) is 5.02 Å². The molecule has 0 aliphatic carbocycles. The summed E-state index contributed by atoms with van der Waals surface area (Å²) in [5.41, 5.74) is 3.76. The van der Waals surface area contributed by atoms with E-state index in [1.165, 1.54) is 46.3 Å². The summed E-state index contributed by atoms with van der Waals surface area (Å²) in [6.45, 7) is 2.95. The number of halogens is 2. The van der Waals surface area contributed by atoms with Crippen LogP contribution in [0.25, 0.3) is 5.69 Å². The number of ether oxygens (including phenoxy) is 1. The number of carboxylic acids is 1. The number of hydrogen-bond donors (Lipinski definition) is 1. The van der Waals surface area contributed by atoms with Crippen molar-refractivity contribution in [3.63, 3.8) is 0 Å². The molecule has 0 spiro atoms. The zero-order valence-corrected chi connectivity index (χ0v) is 23.8. The van der Waals surface area contributed by atoms with Crippen molar-refractivity contribution in [1.82, 2.24) is 14.5 Å². The predicted molar refractivity (Wildman–Crippen MR) is 158 cm³/mol. The van der Waals surface area contributed by atoms with Gasteiger partial charge in [-0.25, -0.2) is 14.2 Å². The summed E-state index contributed by atoms with van der Waals surface area (Å²) in [5, 5.41) is 9.20. The minimum atomic E-state index is -1.05. The fraction of sp³-hybridized carbons (Fsp3) is 0.250. The third-order valence-corrected chi connectivity index (χ3v) is 8.20. The fourth-order valence-corrected chi connectivity index (χ4v) is 5.95. The van der Waals surface area contributed by atoms with Gasteiger partial charge in [-0.2, -0.15) is 0 Å². The highest BCUT2D eigenvalue weighted by atomic mass is 35.5. The van der Waals surface area contributed by atoms with E-state index in [1.807, 2.05) is 18.2 Å². The highest BCUT2D eigenvalue weighted by molar-refractivity contribution is 6.30. The van der Waals surface area contributed by atoms with E-state index in [1.54, 1.807) is 18.2 Å². The third-order valence-electron chi connectivity index (χ3n) is 7.90. The Bertz CT molecular complexity index is 1700. The first kappa shape index (κ1) is 28.6. The number of morpholine rings is 1. The first-order valence-electron chi connectivity index (χ1n) is 13.9. The number of ketones is 1. The number of rotatable bonds is 7. The van der Waals surface area contributed by atoms with Crippen molar-refractivity contribution in [2.45, 2.75) is 18.9 Å². The van der Waals surface area contributed by atoms with Crippen LogP contribution in [0.4, 0.5) is 10.1 Å². The Morgan fingerprint density at radius 3 is 2.44 bits per heavy atom. The SMILES string of the molecule is O=C(O)c1ccc(CC(=O)[C@@H]2c3cccc(N4CCOCC4)c3CCN2C(=O)c2cn(-c3cccc(Cl)c3F)cn2)cc1. The lowest BCUT2D eigenvalue weighted by Crippen LogP contribution is -2.45. The first-order chi connectivity index (χ1) is 20.8. The molecule has 3 heterocycles. The zero-order valence-electron chi connectivity index (χ0n) is 23.1. The second kappa shape index (κ2) is 12.0. The Kier molecular flexibility index (Phi) is 7.96. The number of fused-ring (bicyclic) bond motifs is 1. The maximum absolute atomic E-state index is 14.7. The zero-order chi connectivity index (χ0) is 30.1. The quantitative estimate of drug-likeness (QED) is 0.325. The van der Waals surface area contributed by atoms with E-state index in [0.29, 0.717) is 25.2 Å². The molecule has 0 bridgehead atoms. The molecule has 0 radical (unpaired) electrons. The first-order valence-corrected chi connectivity index (χ1v) is 14.3. The average molecular weight is 603 g/mol. The summed E-state index contributed by atoms with van der Waals surface area (Å²) < 4.78 is 21.6. The maximum atomic E-state index is 14.7. The van der Waals surface area contributed by atoms with Gasteiger partial charge >= 0.3 is 5.97 Å². The van der Waals surface area contributed by atoms with Crippen molar-refractivity contribution >= 4 is 34.9 Å². The van der Waals surface area contributed by atoms with E-state index >= 15 is 0 Å². The Morgan fingerprint density at radius 2 is 1.70 bits per heavy atom. The number of hydrogen-bond acceptors (Lipinski definition) is 6. The molecule has 1 aromatic heterocycles. The molecular formula is C32H28ClFN4O5. The van der Waals surface area contributed by atoms with Crippen LogP contribution in [-0.2, 0) is 22.4 Å². The average Bonchev–Trinajstić information content (AvgIpc) is 3.52. The lowest BCUT2D eigenvalue weighted by Gasteiger charge is -2.39. The largest absolute Gasteiger partial charge is 0.478 e. The maximum Gasteiger partial charge on any atom is 0.335 e. The van der Waals surface area contributed by atoms with Crippen LogP contribution in [-0.4, -0.2) is 70.1 Å². The second-order valence-electron chi connectivity index (χ2n) is 10.5. The van der Waals surface area contributed by atoms with Crippen molar-refractivity contribution in [1.29, 1.82) is 0 Å². The summed E-state index contributed by atoms with van der Waals surface area (Å²) >= 11 is 5.96. The van der Waals surface area contributed by atoms with Gasteiger partial charge in [0, 0.05) is 37.9 Å². The molecule has 9 nitrogen and oxygen atoms in total. The van der Waals surface area contributed by atoms with E-state index in [4.69, 9.17) is 16.3 Å². The normalized spacial score (nSPS) is 16.6. The van der Waals surface area contributed by atoms with Gasteiger partial charge < -0.3 is 24.2 Å². The van der Waals surface area contributed by atoms with Gasteiger partial charge in [0.05, 0.1) is 29.5 Å². The van der Waals surface area contributed by atoms with Gasteiger partial charge in [0.15, 0.2) is 11.6 Å². The molecule has 2 aliphatic heterocycles. The monoisotopic (exact) mass is 602 g/mol. The lowest BCUT2D eigenvalue weighted by molar-refractivity contribution is -0.123. The van der Waals surface area contributed by atoms with E-state index in [0.717, 1.165) is 29.9 Å². The van der Waals surface area contributed by atoms with Crippen LogP contribution in [0.15, 0.2) is 73.2 Å². The van der Waals surface area contributed by atoms with Crippen molar-refractivity contribution < 1.29 is 28.6 Å². The van der Waals surface area contributed by atoms with Crippen LogP contribution in [0.1, 0.15) is 43.6 Å². The molecule has 2 aliphatic rings. The fourth-order valence-electron chi connectivity index (χ4n) is 5.78. The molecule has 11 heteroatoms. The van der Waals surface area contributed by atoms with Crippen LogP contribution >= 0.6 is 11.6 Å². The summed E-state index contributed by atoms with van der Waals surface area (Å²) in [7, 11) is 0. The number of carbonyl (C=O) groups is 3. The number of imidazole rings is 1. The van der Waals surface area contributed by atoms with Gasteiger partial charge in [-0.1, -0.05) is 41.9 Å². The summed E-state index contributed by atoms with van der Waals surface area (Å²) in [6, 6.07) is 15.6. The Morgan fingerprint density at radius 1 is 0.977 bits per heavy atom. The number of carboxylic acid groups (broad SMARTS) is 1. The number of benzene rings is 3. The summed E-state index contributed by atoms with van der Waals surface area (Å²) in [4.78, 5) is 47.4. The molecule has 1 atom stereocenters.